The maximum Gasteiger partial charge on any atom is 0.258 e. The van der Waals surface area contributed by atoms with Crippen LogP contribution in [0.1, 0.15) is 29.8 Å². The first-order chi connectivity index (χ1) is 12.1. The van der Waals surface area contributed by atoms with E-state index in [-0.39, 0.29) is 11.5 Å². The van der Waals surface area contributed by atoms with E-state index in [4.69, 9.17) is 0 Å². The molecule has 0 spiro atoms. The summed E-state index contributed by atoms with van der Waals surface area (Å²) >= 11 is 0. The van der Waals surface area contributed by atoms with Gasteiger partial charge in [-0.3, -0.25) is 9.59 Å². The highest BCUT2D eigenvalue weighted by Crippen LogP contribution is 2.25. The largest absolute Gasteiger partial charge is 0.311 e. The van der Waals surface area contributed by atoms with Gasteiger partial charge in [0, 0.05) is 36.3 Å². The number of rotatable bonds is 4. The maximum absolute atomic E-state index is 12.7. The number of pyridine rings is 1. The Hall–Kier alpha value is -2.88. The summed E-state index contributed by atoms with van der Waals surface area (Å²) in [5.41, 5.74) is 3.41. The molecule has 1 aromatic heterocycles. The highest BCUT2D eigenvalue weighted by molar-refractivity contribution is 6.06. The van der Waals surface area contributed by atoms with E-state index >= 15 is 0 Å². The number of amides is 1. The van der Waals surface area contributed by atoms with Crippen molar-refractivity contribution >= 4 is 22.5 Å². The van der Waals surface area contributed by atoms with E-state index in [1.807, 2.05) is 62.4 Å². The number of hydrogen-bond donors (Lipinski definition) is 0. The molecule has 25 heavy (non-hydrogen) atoms. The molecular formula is C21H22N2O2. The zero-order valence-electron chi connectivity index (χ0n) is 14.8. The summed E-state index contributed by atoms with van der Waals surface area (Å²) in [6.07, 6.45) is 0.774. The average molecular weight is 334 g/mol. The highest BCUT2D eigenvalue weighted by atomic mass is 16.2. The molecule has 0 bridgehead atoms. The van der Waals surface area contributed by atoms with Crippen LogP contribution in [0.4, 0.5) is 5.69 Å². The van der Waals surface area contributed by atoms with Gasteiger partial charge in [0.25, 0.3) is 11.5 Å². The van der Waals surface area contributed by atoms with Crippen LogP contribution in [0.3, 0.4) is 0 Å². The number of hydrogen-bond acceptors (Lipinski definition) is 2. The molecule has 1 heterocycles. The van der Waals surface area contributed by atoms with Crippen LogP contribution in [-0.4, -0.2) is 17.5 Å². The zero-order valence-corrected chi connectivity index (χ0v) is 14.8. The number of carbonyl (C=O) groups is 1. The molecule has 0 atom stereocenters. The van der Waals surface area contributed by atoms with Crippen molar-refractivity contribution in [1.82, 2.24) is 4.57 Å². The van der Waals surface area contributed by atoms with Crippen molar-refractivity contribution in [2.75, 3.05) is 11.9 Å². The lowest BCUT2D eigenvalue weighted by atomic mass is 10.0. The van der Waals surface area contributed by atoms with Crippen molar-refractivity contribution in [3.05, 3.63) is 76.1 Å². The van der Waals surface area contributed by atoms with Gasteiger partial charge in [-0.05, 0) is 49.2 Å². The predicted octanol–water partition coefficient (Wildman–Crippen LogP) is 3.86. The molecule has 4 heteroatoms. The molecule has 4 nitrogen and oxygen atoms in total. The molecule has 0 aliphatic rings. The monoisotopic (exact) mass is 334 g/mol. The Morgan fingerprint density at radius 3 is 2.40 bits per heavy atom. The van der Waals surface area contributed by atoms with E-state index in [1.54, 1.807) is 22.6 Å². The second-order valence-electron chi connectivity index (χ2n) is 6.04. The first kappa shape index (κ1) is 17.0. The van der Waals surface area contributed by atoms with Crippen molar-refractivity contribution in [2.24, 2.45) is 0 Å². The minimum atomic E-state index is -0.0539. The topological polar surface area (TPSA) is 42.3 Å². The van der Waals surface area contributed by atoms with Crippen molar-refractivity contribution in [2.45, 2.75) is 26.8 Å². The van der Waals surface area contributed by atoms with Crippen molar-refractivity contribution in [3.8, 4) is 0 Å². The second-order valence-corrected chi connectivity index (χ2v) is 6.04. The van der Waals surface area contributed by atoms with Gasteiger partial charge in [0.05, 0.1) is 5.52 Å². The lowest BCUT2D eigenvalue weighted by Crippen LogP contribution is -2.26. The van der Waals surface area contributed by atoms with Crippen LogP contribution < -0.4 is 10.5 Å². The van der Waals surface area contributed by atoms with Gasteiger partial charge in [0.15, 0.2) is 0 Å². The number of carbonyl (C=O) groups excluding carboxylic acids is 1. The minimum absolute atomic E-state index is 0.0216. The van der Waals surface area contributed by atoms with E-state index in [0.29, 0.717) is 12.1 Å². The standard InChI is InChI=1S/C21H22N2O2/c1-4-15-13-20(24)23(5-2)19-12-11-17(14-18(15)19)22(3)21(25)16-9-7-6-8-10-16/h6-14H,4-5H2,1-3H3. The lowest BCUT2D eigenvalue weighted by molar-refractivity contribution is 0.0993. The van der Waals surface area contributed by atoms with Crippen LogP contribution in [0.15, 0.2) is 59.4 Å². The third-order valence-electron chi connectivity index (χ3n) is 4.59. The lowest BCUT2D eigenvalue weighted by Gasteiger charge is -2.19. The summed E-state index contributed by atoms with van der Waals surface area (Å²) in [7, 11) is 1.78. The van der Waals surface area contributed by atoms with Gasteiger partial charge in [0.2, 0.25) is 0 Å². The SMILES string of the molecule is CCc1cc(=O)n(CC)c2ccc(N(C)C(=O)c3ccccc3)cc12. The Balaban J connectivity index is 2.11. The molecule has 0 radical (unpaired) electrons. The Labute approximate surface area is 147 Å². The predicted molar refractivity (Wildman–Crippen MR) is 102 cm³/mol. The second kappa shape index (κ2) is 6.93. The molecule has 0 aliphatic carbocycles. The summed E-state index contributed by atoms with van der Waals surface area (Å²) in [5.74, 6) is -0.0539. The van der Waals surface area contributed by atoms with Gasteiger partial charge in [-0.2, -0.15) is 0 Å². The third kappa shape index (κ3) is 3.07. The molecule has 0 saturated heterocycles. The Morgan fingerprint density at radius 2 is 1.76 bits per heavy atom. The Bertz CT molecular complexity index is 974. The van der Waals surface area contributed by atoms with E-state index in [1.165, 1.54) is 0 Å². The van der Waals surface area contributed by atoms with E-state index in [2.05, 4.69) is 0 Å². The fraction of sp³-hybridized carbons (Fsp3) is 0.238. The van der Waals surface area contributed by atoms with Crippen LogP contribution in [0, 0.1) is 0 Å². The fourth-order valence-corrected chi connectivity index (χ4v) is 3.16. The van der Waals surface area contributed by atoms with Gasteiger partial charge in [-0.25, -0.2) is 0 Å². The molecule has 0 fully saturated rings. The summed E-state index contributed by atoms with van der Waals surface area (Å²) in [6.45, 7) is 4.62. The zero-order chi connectivity index (χ0) is 18.0. The Kier molecular flexibility index (Phi) is 4.70. The minimum Gasteiger partial charge on any atom is -0.311 e. The van der Waals surface area contributed by atoms with Crippen molar-refractivity contribution in [3.63, 3.8) is 0 Å². The van der Waals surface area contributed by atoms with E-state index < -0.39 is 0 Å². The molecule has 3 rings (SSSR count). The van der Waals surface area contributed by atoms with Gasteiger partial charge < -0.3 is 9.47 Å². The summed E-state index contributed by atoms with van der Waals surface area (Å²) in [4.78, 5) is 26.6. The fourth-order valence-electron chi connectivity index (χ4n) is 3.16. The summed E-state index contributed by atoms with van der Waals surface area (Å²) < 4.78 is 1.76. The van der Waals surface area contributed by atoms with Gasteiger partial charge in [0.1, 0.15) is 0 Å². The van der Waals surface area contributed by atoms with Gasteiger partial charge in [-0.15, -0.1) is 0 Å². The van der Waals surface area contributed by atoms with Crippen LogP contribution in [-0.2, 0) is 13.0 Å². The number of anilines is 1. The van der Waals surface area contributed by atoms with Crippen LogP contribution in [0.25, 0.3) is 10.9 Å². The molecule has 128 valence electrons. The number of nitrogens with zero attached hydrogens (tertiary/aromatic N) is 2. The number of aryl methyl sites for hydroxylation is 2. The van der Waals surface area contributed by atoms with Crippen LogP contribution in [0.2, 0.25) is 0 Å². The Morgan fingerprint density at radius 1 is 1.04 bits per heavy atom. The normalized spacial score (nSPS) is 10.8. The molecule has 2 aromatic carbocycles. The molecule has 3 aromatic rings. The van der Waals surface area contributed by atoms with E-state index in [0.717, 1.165) is 28.6 Å². The van der Waals surface area contributed by atoms with Crippen LogP contribution in [0.5, 0.6) is 0 Å². The maximum atomic E-state index is 12.7. The number of benzene rings is 2. The summed E-state index contributed by atoms with van der Waals surface area (Å²) in [6, 6.07) is 16.8. The van der Waals surface area contributed by atoms with Crippen LogP contribution >= 0.6 is 0 Å². The average Bonchev–Trinajstić information content (AvgIpc) is 2.66. The van der Waals surface area contributed by atoms with Gasteiger partial charge >= 0.3 is 0 Å². The number of fused-ring (bicyclic) bond motifs is 1. The molecule has 0 N–H and O–H groups in total. The summed E-state index contributed by atoms with van der Waals surface area (Å²) in [5, 5.41) is 1.02. The molecule has 1 amide bonds. The highest BCUT2D eigenvalue weighted by Gasteiger charge is 2.15. The number of aromatic nitrogens is 1. The quantitative estimate of drug-likeness (QED) is 0.727. The van der Waals surface area contributed by atoms with E-state index in [9.17, 15) is 9.59 Å². The van der Waals surface area contributed by atoms with Gasteiger partial charge in [-0.1, -0.05) is 25.1 Å². The molecule has 0 aliphatic heterocycles. The van der Waals surface area contributed by atoms with Crippen molar-refractivity contribution < 1.29 is 4.79 Å². The molecular weight excluding hydrogens is 312 g/mol. The van der Waals surface area contributed by atoms with Crippen molar-refractivity contribution in [1.29, 1.82) is 0 Å². The first-order valence-electron chi connectivity index (χ1n) is 8.56. The first-order valence-corrected chi connectivity index (χ1v) is 8.56. The molecule has 0 saturated carbocycles. The smallest absolute Gasteiger partial charge is 0.258 e. The molecule has 0 unspecified atom stereocenters. The third-order valence-corrected chi connectivity index (χ3v) is 4.59.